The lowest BCUT2D eigenvalue weighted by atomic mass is 10.1. The molecule has 116 valence electrons. The SMILES string of the molecule is CCCCCCC(C)n1c(CCl)nc2ccc(OC)nc21. The molecule has 0 saturated carbocycles. The molecule has 0 spiro atoms. The van der Waals surface area contributed by atoms with E-state index in [-0.39, 0.29) is 0 Å². The van der Waals surface area contributed by atoms with Gasteiger partial charge >= 0.3 is 0 Å². The monoisotopic (exact) mass is 309 g/mol. The summed E-state index contributed by atoms with van der Waals surface area (Å²) < 4.78 is 7.39. The number of aromatic nitrogens is 3. The topological polar surface area (TPSA) is 39.9 Å². The summed E-state index contributed by atoms with van der Waals surface area (Å²) in [7, 11) is 1.63. The molecule has 21 heavy (non-hydrogen) atoms. The number of pyridine rings is 1. The molecule has 0 radical (unpaired) electrons. The van der Waals surface area contributed by atoms with Gasteiger partial charge in [-0.2, -0.15) is 4.98 Å². The van der Waals surface area contributed by atoms with Gasteiger partial charge in [-0.05, 0) is 19.4 Å². The van der Waals surface area contributed by atoms with E-state index in [9.17, 15) is 0 Å². The first kappa shape index (κ1) is 16.1. The molecule has 2 aromatic rings. The molecule has 4 nitrogen and oxygen atoms in total. The number of rotatable bonds is 8. The molecule has 0 aliphatic rings. The maximum atomic E-state index is 6.06. The second-order valence-electron chi connectivity index (χ2n) is 5.43. The predicted octanol–water partition coefficient (Wildman–Crippen LogP) is 4.71. The van der Waals surface area contributed by atoms with Gasteiger partial charge in [-0.15, -0.1) is 11.6 Å². The smallest absolute Gasteiger partial charge is 0.215 e. The van der Waals surface area contributed by atoms with Gasteiger partial charge in [0.2, 0.25) is 5.88 Å². The van der Waals surface area contributed by atoms with Crippen molar-refractivity contribution >= 4 is 22.8 Å². The molecule has 0 fully saturated rings. The Labute approximate surface area is 131 Å². The Morgan fingerprint density at radius 1 is 1.24 bits per heavy atom. The van der Waals surface area contributed by atoms with Gasteiger partial charge < -0.3 is 9.30 Å². The third-order valence-electron chi connectivity index (χ3n) is 3.83. The molecule has 0 N–H and O–H groups in total. The third-order valence-corrected chi connectivity index (χ3v) is 4.07. The molecular weight excluding hydrogens is 286 g/mol. The minimum absolute atomic E-state index is 0.347. The molecule has 0 aliphatic heterocycles. The normalized spacial score (nSPS) is 12.8. The van der Waals surface area contributed by atoms with Crippen molar-refractivity contribution in [2.45, 2.75) is 57.9 Å². The summed E-state index contributed by atoms with van der Waals surface area (Å²) in [5.41, 5.74) is 1.75. The molecule has 0 bridgehead atoms. The number of methoxy groups -OCH3 is 1. The van der Waals surface area contributed by atoms with Gasteiger partial charge in [0.15, 0.2) is 5.65 Å². The summed E-state index contributed by atoms with van der Waals surface area (Å²) in [6, 6.07) is 4.13. The minimum Gasteiger partial charge on any atom is -0.481 e. The van der Waals surface area contributed by atoms with Crippen LogP contribution in [-0.2, 0) is 5.88 Å². The van der Waals surface area contributed by atoms with Crippen molar-refractivity contribution in [2.24, 2.45) is 0 Å². The zero-order chi connectivity index (χ0) is 15.2. The zero-order valence-corrected chi connectivity index (χ0v) is 13.9. The number of hydrogen-bond acceptors (Lipinski definition) is 3. The van der Waals surface area contributed by atoms with Crippen LogP contribution in [0.5, 0.6) is 5.88 Å². The molecule has 2 rings (SSSR count). The first-order chi connectivity index (χ1) is 10.2. The lowest BCUT2D eigenvalue weighted by Crippen LogP contribution is -2.09. The fourth-order valence-electron chi connectivity index (χ4n) is 2.67. The summed E-state index contributed by atoms with van der Waals surface area (Å²) in [5, 5.41) is 0. The van der Waals surface area contributed by atoms with Gasteiger partial charge in [-0.25, -0.2) is 4.98 Å². The molecule has 2 aromatic heterocycles. The molecule has 1 atom stereocenters. The van der Waals surface area contributed by atoms with E-state index >= 15 is 0 Å². The summed E-state index contributed by atoms with van der Waals surface area (Å²) in [6.07, 6.45) is 6.18. The van der Waals surface area contributed by atoms with E-state index in [4.69, 9.17) is 16.3 Å². The van der Waals surface area contributed by atoms with Gasteiger partial charge in [0.1, 0.15) is 11.3 Å². The van der Waals surface area contributed by atoms with E-state index in [1.807, 2.05) is 12.1 Å². The average molecular weight is 310 g/mol. The largest absolute Gasteiger partial charge is 0.481 e. The second kappa shape index (κ2) is 7.64. The van der Waals surface area contributed by atoms with Crippen LogP contribution in [0.15, 0.2) is 12.1 Å². The molecule has 0 aromatic carbocycles. The van der Waals surface area contributed by atoms with Crippen molar-refractivity contribution < 1.29 is 4.74 Å². The Balaban J connectivity index is 2.26. The number of alkyl halides is 1. The van der Waals surface area contributed by atoms with Crippen LogP contribution >= 0.6 is 11.6 Å². The van der Waals surface area contributed by atoms with Crippen LogP contribution < -0.4 is 4.74 Å². The van der Waals surface area contributed by atoms with Gasteiger partial charge in [-0.1, -0.05) is 32.6 Å². The summed E-state index contributed by atoms with van der Waals surface area (Å²) in [6.45, 7) is 4.44. The molecule has 0 aliphatic carbocycles. The van der Waals surface area contributed by atoms with Crippen LogP contribution in [0.3, 0.4) is 0 Å². The van der Waals surface area contributed by atoms with Crippen LogP contribution in [0.1, 0.15) is 57.8 Å². The van der Waals surface area contributed by atoms with E-state index < -0.39 is 0 Å². The number of ether oxygens (including phenoxy) is 1. The van der Waals surface area contributed by atoms with Crippen LogP contribution in [0.2, 0.25) is 0 Å². The highest BCUT2D eigenvalue weighted by Crippen LogP contribution is 2.26. The highest BCUT2D eigenvalue weighted by Gasteiger charge is 2.16. The summed E-state index contributed by atoms with van der Waals surface area (Å²) in [4.78, 5) is 9.13. The van der Waals surface area contributed by atoms with Crippen LogP contribution in [0.4, 0.5) is 0 Å². The van der Waals surface area contributed by atoms with E-state index in [0.717, 1.165) is 23.4 Å². The Morgan fingerprint density at radius 3 is 2.71 bits per heavy atom. The number of halogens is 1. The van der Waals surface area contributed by atoms with Crippen molar-refractivity contribution in [3.8, 4) is 5.88 Å². The Kier molecular flexibility index (Phi) is 5.85. The van der Waals surface area contributed by atoms with Crippen molar-refractivity contribution in [3.63, 3.8) is 0 Å². The van der Waals surface area contributed by atoms with Gasteiger partial charge in [0.25, 0.3) is 0 Å². The van der Waals surface area contributed by atoms with Crippen molar-refractivity contribution in [1.29, 1.82) is 0 Å². The predicted molar refractivity (Wildman–Crippen MR) is 87.1 cm³/mol. The number of fused-ring (bicyclic) bond motifs is 1. The van der Waals surface area contributed by atoms with E-state index in [2.05, 4.69) is 28.4 Å². The maximum absolute atomic E-state index is 6.06. The summed E-state index contributed by atoms with van der Waals surface area (Å²) >= 11 is 6.06. The van der Waals surface area contributed by atoms with Crippen molar-refractivity contribution in [3.05, 3.63) is 18.0 Å². The first-order valence-corrected chi connectivity index (χ1v) is 8.22. The van der Waals surface area contributed by atoms with E-state index in [1.165, 1.54) is 25.7 Å². The fraction of sp³-hybridized carbons (Fsp3) is 0.625. The van der Waals surface area contributed by atoms with Gasteiger partial charge in [0, 0.05) is 12.1 Å². The fourth-order valence-corrected chi connectivity index (χ4v) is 2.86. The van der Waals surface area contributed by atoms with Crippen LogP contribution in [-0.4, -0.2) is 21.6 Å². The average Bonchev–Trinajstić information content (AvgIpc) is 2.88. The Hall–Kier alpha value is -1.29. The number of nitrogens with zero attached hydrogens (tertiary/aromatic N) is 3. The van der Waals surface area contributed by atoms with Crippen LogP contribution in [0, 0.1) is 0 Å². The molecule has 0 amide bonds. The number of unbranched alkanes of at least 4 members (excludes halogenated alkanes) is 3. The number of imidazole rings is 1. The van der Waals surface area contributed by atoms with Crippen LogP contribution in [0.25, 0.3) is 11.2 Å². The minimum atomic E-state index is 0.347. The summed E-state index contributed by atoms with van der Waals surface area (Å²) in [5.74, 6) is 1.90. The molecule has 2 heterocycles. The van der Waals surface area contributed by atoms with Crippen molar-refractivity contribution in [2.75, 3.05) is 7.11 Å². The van der Waals surface area contributed by atoms with E-state index in [1.54, 1.807) is 7.11 Å². The molecular formula is C16H24ClN3O. The molecule has 0 saturated heterocycles. The van der Waals surface area contributed by atoms with Gasteiger partial charge in [-0.3, -0.25) is 0 Å². The Bertz CT molecular complexity index is 582. The highest BCUT2D eigenvalue weighted by molar-refractivity contribution is 6.16. The molecule has 1 unspecified atom stereocenters. The zero-order valence-electron chi connectivity index (χ0n) is 13.1. The maximum Gasteiger partial charge on any atom is 0.215 e. The lowest BCUT2D eigenvalue weighted by Gasteiger charge is -2.16. The first-order valence-electron chi connectivity index (χ1n) is 7.69. The van der Waals surface area contributed by atoms with E-state index in [0.29, 0.717) is 17.8 Å². The second-order valence-corrected chi connectivity index (χ2v) is 5.69. The number of hydrogen-bond donors (Lipinski definition) is 0. The quantitative estimate of drug-likeness (QED) is 0.523. The standard InChI is InChI=1S/C16H24ClN3O/c1-4-5-6-7-8-12(2)20-14(11-17)18-13-9-10-15(21-3)19-16(13)20/h9-10,12H,4-8,11H2,1-3H3. The molecule has 5 heteroatoms. The third kappa shape index (κ3) is 3.67. The van der Waals surface area contributed by atoms with Gasteiger partial charge in [0.05, 0.1) is 13.0 Å². The lowest BCUT2D eigenvalue weighted by molar-refractivity contribution is 0.397. The Morgan fingerprint density at radius 2 is 2.05 bits per heavy atom. The van der Waals surface area contributed by atoms with Crippen molar-refractivity contribution in [1.82, 2.24) is 14.5 Å². The highest BCUT2D eigenvalue weighted by atomic mass is 35.5.